The van der Waals surface area contributed by atoms with Crippen molar-refractivity contribution in [2.75, 3.05) is 5.32 Å². The summed E-state index contributed by atoms with van der Waals surface area (Å²) in [4.78, 5) is 54.8. The maximum Gasteiger partial charge on any atom is 0.408 e. The van der Waals surface area contributed by atoms with E-state index in [1.54, 1.807) is 20.8 Å². The number of fused-ring (bicyclic) bond motifs is 1. The van der Waals surface area contributed by atoms with E-state index in [1.165, 1.54) is 4.90 Å². The Kier molecular flexibility index (Phi) is 8.89. The number of rotatable bonds is 9. The summed E-state index contributed by atoms with van der Waals surface area (Å²) in [7, 11) is 0. The van der Waals surface area contributed by atoms with Crippen molar-refractivity contribution in [3.8, 4) is 0 Å². The summed E-state index contributed by atoms with van der Waals surface area (Å²) in [5.74, 6) is -1.63. The summed E-state index contributed by atoms with van der Waals surface area (Å²) in [6, 6.07) is 16.6. The highest BCUT2D eigenvalue weighted by molar-refractivity contribution is 6.01. The molecule has 4 unspecified atom stereocenters. The molecule has 0 spiro atoms. The lowest BCUT2D eigenvalue weighted by atomic mass is 9.97. The quantitative estimate of drug-likeness (QED) is 0.327. The van der Waals surface area contributed by atoms with Crippen LogP contribution >= 0.6 is 0 Å². The molecule has 42 heavy (non-hydrogen) atoms. The number of primary amides is 1. The van der Waals surface area contributed by atoms with Crippen LogP contribution in [0.1, 0.15) is 63.3 Å². The van der Waals surface area contributed by atoms with Crippen LogP contribution in [0.3, 0.4) is 0 Å². The minimum Gasteiger partial charge on any atom is -0.444 e. The number of aryl methyl sites for hydroxylation is 2. The smallest absolute Gasteiger partial charge is 0.408 e. The van der Waals surface area contributed by atoms with Gasteiger partial charge >= 0.3 is 6.09 Å². The first-order valence-electron chi connectivity index (χ1n) is 14.2. The van der Waals surface area contributed by atoms with Crippen molar-refractivity contribution < 1.29 is 23.9 Å². The average molecular weight is 573 g/mol. The Balaban J connectivity index is 1.75. The van der Waals surface area contributed by atoms with Crippen molar-refractivity contribution in [2.45, 2.75) is 78.1 Å². The predicted molar refractivity (Wildman–Crippen MR) is 163 cm³/mol. The van der Waals surface area contributed by atoms with Gasteiger partial charge < -0.3 is 26.0 Å². The van der Waals surface area contributed by atoms with Gasteiger partial charge in [-0.3, -0.25) is 14.4 Å². The number of alkyl carbamates (subject to hydrolysis) is 1. The molecule has 1 fully saturated rings. The Bertz CT molecular complexity index is 1490. The molecule has 4 N–H and O–H groups in total. The van der Waals surface area contributed by atoms with Crippen LogP contribution in [-0.4, -0.2) is 46.4 Å². The van der Waals surface area contributed by atoms with Gasteiger partial charge in [-0.1, -0.05) is 66.6 Å². The summed E-state index contributed by atoms with van der Waals surface area (Å²) in [6.45, 7) is 10.9. The molecule has 3 aromatic rings. The highest BCUT2D eigenvalue weighted by atomic mass is 16.6. The summed E-state index contributed by atoms with van der Waals surface area (Å²) < 4.78 is 5.36. The molecule has 4 rings (SSSR count). The van der Waals surface area contributed by atoms with Crippen molar-refractivity contribution >= 4 is 40.3 Å². The van der Waals surface area contributed by atoms with Gasteiger partial charge in [0, 0.05) is 11.7 Å². The van der Waals surface area contributed by atoms with E-state index < -0.39 is 47.9 Å². The molecule has 3 aromatic carbocycles. The minimum atomic E-state index is -1.31. The van der Waals surface area contributed by atoms with Gasteiger partial charge in [0.15, 0.2) is 0 Å². The van der Waals surface area contributed by atoms with Crippen LogP contribution in [-0.2, 0) is 19.1 Å². The number of nitrogens with zero attached hydrogens (tertiary/aromatic N) is 1. The molecular weight excluding hydrogens is 532 g/mol. The molecule has 0 heterocycles. The minimum absolute atomic E-state index is 0.117. The average Bonchev–Trinajstić information content (AvgIpc) is 3.59. The van der Waals surface area contributed by atoms with Crippen LogP contribution in [0.5, 0.6) is 0 Å². The fraction of sp³-hybridized carbons (Fsp3) is 0.394. The van der Waals surface area contributed by atoms with Crippen LogP contribution in [0.2, 0.25) is 0 Å². The zero-order valence-corrected chi connectivity index (χ0v) is 25.1. The number of amides is 4. The van der Waals surface area contributed by atoms with Gasteiger partial charge in [-0.05, 0) is 75.4 Å². The second-order valence-corrected chi connectivity index (χ2v) is 12.3. The third kappa shape index (κ3) is 7.66. The third-order valence-corrected chi connectivity index (χ3v) is 7.18. The normalized spacial score (nSPS) is 17.6. The first kappa shape index (κ1) is 30.6. The maximum atomic E-state index is 14.3. The number of hydrogen-bond donors (Lipinski definition) is 3. The third-order valence-electron chi connectivity index (χ3n) is 7.18. The Hall–Kier alpha value is -4.40. The van der Waals surface area contributed by atoms with Gasteiger partial charge in [-0.15, -0.1) is 0 Å². The van der Waals surface area contributed by atoms with E-state index in [1.807, 2.05) is 81.4 Å². The van der Waals surface area contributed by atoms with Crippen LogP contribution in [0, 0.1) is 19.8 Å². The van der Waals surface area contributed by atoms with Crippen molar-refractivity contribution in [3.05, 3.63) is 77.4 Å². The largest absolute Gasteiger partial charge is 0.444 e. The number of benzene rings is 3. The predicted octanol–water partition coefficient (Wildman–Crippen LogP) is 5.14. The second-order valence-electron chi connectivity index (χ2n) is 12.3. The molecule has 4 amide bonds. The van der Waals surface area contributed by atoms with E-state index in [0.717, 1.165) is 21.9 Å². The Morgan fingerprint density at radius 1 is 0.976 bits per heavy atom. The lowest BCUT2D eigenvalue weighted by Gasteiger charge is -2.35. The Morgan fingerprint density at radius 3 is 2.17 bits per heavy atom. The van der Waals surface area contributed by atoms with Crippen molar-refractivity contribution in [1.29, 1.82) is 0 Å². The van der Waals surface area contributed by atoms with E-state index in [9.17, 15) is 19.2 Å². The highest BCUT2D eigenvalue weighted by Crippen LogP contribution is 2.41. The number of nitrogens with one attached hydrogen (secondary N) is 2. The van der Waals surface area contributed by atoms with Crippen molar-refractivity contribution in [2.24, 2.45) is 11.7 Å². The van der Waals surface area contributed by atoms with E-state index >= 15 is 0 Å². The zero-order chi connectivity index (χ0) is 30.8. The van der Waals surface area contributed by atoms with Gasteiger partial charge in [-0.25, -0.2) is 4.79 Å². The Labute approximate surface area is 246 Å². The standard InChI is InChI=1S/C33H40N4O5/c1-19-13-20(2)15-24(14-19)29(30(39)35-25-12-11-22-9-7-8-10-23(22)17-25)37(27-16-21(27)3)31(40)26(18-28(34)38)36-32(41)42-33(4,5)6/h7-15,17,21,26-27,29H,16,18H2,1-6H3,(H2,34,38)(H,35,39)(H,36,41). The summed E-state index contributed by atoms with van der Waals surface area (Å²) in [5.41, 5.74) is 7.78. The molecule has 1 aliphatic carbocycles. The van der Waals surface area contributed by atoms with Gasteiger partial charge in [0.25, 0.3) is 5.91 Å². The van der Waals surface area contributed by atoms with Crippen molar-refractivity contribution in [1.82, 2.24) is 10.2 Å². The topological polar surface area (TPSA) is 131 Å². The molecule has 4 atom stereocenters. The molecule has 9 heteroatoms. The maximum absolute atomic E-state index is 14.3. The van der Waals surface area contributed by atoms with Crippen LogP contribution in [0.25, 0.3) is 10.8 Å². The number of ether oxygens (including phenoxy) is 1. The molecule has 0 aromatic heterocycles. The SMILES string of the molecule is Cc1cc(C)cc(C(C(=O)Nc2ccc3ccccc3c2)N(C(=O)C(CC(N)=O)NC(=O)OC(C)(C)C)C2CC2C)c1. The first-order valence-corrected chi connectivity index (χ1v) is 14.2. The monoisotopic (exact) mass is 572 g/mol. The molecule has 0 bridgehead atoms. The molecule has 0 saturated heterocycles. The number of carbonyl (C=O) groups excluding carboxylic acids is 4. The second kappa shape index (κ2) is 12.2. The zero-order valence-electron chi connectivity index (χ0n) is 25.1. The van der Waals surface area contributed by atoms with Crippen LogP contribution in [0.15, 0.2) is 60.7 Å². The molecule has 0 aliphatic heterocycles. The van der Waals surface area contributed by atoms with E-state index in [4.69, 9.17) is 10.5 Å². The lowest BCUT2D eigenvalue weighted by molar-refractivity contribution is -0.142. The Morgan fingerprint density at radius 2 is 1.60 bits per heavy atom. The van der Waals surface area contributed by atoms with Gasteiger partial charge in [0.05, 0.1) is 6.42 Å². The van der Waals surface area contributed by atoms with Crippen molar-refractivity contribution in [3.63, 3.8) is 0 Å². The van der Waals surface area contributed by atoms with Gasteiger partial charge in [0.2, 0.25) is 11.8 Å². The van der Waals surface area contributed by atoms with Gasteiger partial charge in [-0.2, -0.15) is 0 Å². The number of hydrogen-bond acceptors (Lipinski definition) is 5. The first-order chi connectivity index (χ1) is 19.7. The number of carbonyl (C=O) groups is 4. The molecule has 0 radical (unpaired) electrons. The van der Waals surface area contributed by atoms with Crippen LogP contribution in [0.4, 0.5) is 10.5 Å². The van der Waals surface area contributed by atoms with Crippen LogP contribution < -0.4 is 16.4 Å². The molecular formula is C33H40N4O5. The molecule has 1 saturated carbocycles. The van der Waals surface area contributed by atoms with E-state index in [0.29, 0.717) is 17.7 Å². The number of nitrogens with two attached hydrogens (primary N) is 1. The summed E-state index contributed by atoms with van der Waals surface area (Å²) >= 11 is 0. The molecule has 222 valence electrons. The van der Waals surface area contributed by atoms with E-state index in [-0.39, 0.29) is 12.0 Å². The highest BCUT2D eigenvalue weighted by Gasteiger charge is 2.48. The summed E-state index contributed by atoms with van der Waals surface area (Å²) in [5, 5.41) is 7.55. The molecule has 9 nitrogen and oxygen atoms in total. The number of anilines is 1. The van der Waals surface area contributed by atoms with Gasteiger partial charge in [0.1, 0.15) is 17.7 Å². The lowest BCUT2D eigenvalue weighted by Crippen LogP contribution is -2.54. The van der Waals surface area contributed by atoms with E-state index in [2.05, 4.69) is 10.6 Å². The summed E-state index contributed by atoms with van der Waals surface area (Å²) in [6.07, 6.45) is -0.623. The molecule has 1 aliphatic rings. The fourth-order valence-corrected chi connectivity index (χ4v) is 5.29. The fourth-order valence-electron chi connectivity index (χ4n) is 5.29.